The van der Waals surface area contributed by atoms with Gasteiger partial charge in [0.15, 0.2) is 0 Å². The summed E-state index contributed by atoms with van der Waals surface area (Å²) in [5.74, 6) is 1.31. The highest BCUT2D eigenvalue weighted by Gasteiger charge is 2.11. The standard InChI is InChI=1S/C20H20ClNO/c1-13(2)12-23-15-8-9-17-18(10-15)20(21)22-11-19(17)16-7-5-4-6-14(16)3/h4-11,13H,12H2,1-3H3. The lowest BCUT2D eigenvalue weighted by Crippen LogP contribution is -2.04. The second-order valence-corrected chi connectivity index (χ2v) is 6.55. The molecule has 0 saturated carbocycles. The minimum atomic E-state index is 0.484. The predicted molar refractivity (Wildman–Crippen MR) is 97.3 cm³/mol. The van der Waals surface area contributed by atoms with Gasteiger partial charge in [-0.1, -0.05) is 49.7 Å². The molecule has 0 bridgehead atoms. The van der Waals surface area contributed by atoms with Crippen molar-refractivity contribution in [3.8, 4) is 16.9 Å². The molecule has 2 nitrogen and oxygen atoms in total. The third-order valence-corrected chi connectivity index (χ3v) is 4.13. The van der Waals surface area contributed by atoms with Crippen LogP contribution in [-0.4, -0.2) is 11.6 Å². The molecule has 0 saturated heterocycles. The molecule has 1 aromatic heterocycles. The van der Waals surface area contributed by atoms with Crippen LogP contribution in [0.15, 0.2) is 48.7 Å². The summed E-state index contributed by atoms with van der Waals surface area (Å²) in [6, 6.07) is 14.4. The minimum absolute atomic E-state index is 0.484. The Bertz CT molecular complexity index is 842. The molecule has 23 heavy (non-hydrogen) atoms. The van der Waals surface area contributed by atoms with Crippen LogP contribution < -0.4 is 4.74 Å². The van der Waals surface area contributed by atoms with Crippen molar-refractivity contribution < 1.29 is 4.74 Å². The van der Waals surface area contributed by atoms with Crippen LogP contribution in [0, 0.1) is 12.8 Å². The smallest absolute Gasteiger partial charge is 0.137 e. The van der Waals surface area contributed by atoms with E-state index in [1.807, 2.05) is 30.5 Å². The summed E-state index contributed by atoms with van der Waals surface area (Å²) in [5.41, 5.74) is 3.49. The van der Waals surface area contributed by atoms with E-state index in [1.165, 1.54) is 11.1 Å². The van der Waals surface area contributed by atoms with Crippen molar-refractivity contribution in [1.29, 1.82) is 0 Å². The number of aromatic nitrogens is 1. The largest absolute Gasteiger partial charge is 0.493 e. The van der Waals surface area contributed by atoms with Crippen LogP contribution in [0.3, 0.4) is 0 Å². The fourth-order valence-electron chi connectivity index (χ4n) is 2.63. The predicted octanol–water partition coefficient (Wildman–Crippen LogP) is 5.90. The number of aryl methyl sites for hydroxylation is 1. The maximum absolute atomic E-state index is 6.32. The first-order valence-electron chi connectivity index (χ1n) is 7.83. The molecule has 0 atom stereocenters. The molecule has 2 aromatic carbocycles. The van der Waals surface area contributed by atoms with Crippen LogP contribution in [0.1, 0.15) is 19.4 Å². The molecule has 3 aromatic rings. The third kappa shape index (κ3) is 3.32. The molecule has 0 aliphatic rings. The zero-order chi connectivity index (χ0) is 16.4. The Balaban J connectivity index is 2.12. The Morgan fingerprint density at radius 2 is 1.83 bits per heavy atom. The topological polar surface area (TPSA) is 22.1 Å². The van der Waals surface area contributed by atoms with E-state index in [0.29, 0.717) is 17.7 Å². The SMILES string of the molecule is Cc1ccccc1-c1cnc(Cl)c2cc(OCC(C)C)ccc12. The molecule has 1 heterocycles. The monoisotopic (exact) mass is 325 g/mol. The van der Waals surface area contributed by atoms with Gasteiger partial charge in [0.1, 0.15) is 10.9 Å². The fraction of sp³-hybridized carbons (Fsp3) is 0.250. The van der Waals surface area contributed by atoms with Gasteiger partial charge in [0, 0.05) is 17.1 Å². The van der Waals surface area contributed by atoms with Gasteiger partial charge >= 0.3 is 0 Å². The molecule has 3 rings (SSSR count). The Morgan fingerprint density at radius 3 is 2.57 bits per heavy atom. The van der Waals surface area contributed by atoms with Crippen molar-refractivity contribution in [2.45, 2.75) is 20.8 Å². The zero-order valence-corrected chi connectivity index (χ0v) is 14.4. The first-order valence-corrected chi connectivity index (χ1v) is 8.21. The maximum Gasteiger partial charge on any atom is 0.137 e. The molecule has 0 spiro atoms. The molecular formula is C20H20ClNO. The van der Waals surface area contributed by atoms with Crippen LogP contribution in [0.2, 0.25) is 5.15 Å². The van der Waals surface area contributed by atoms with E-state index in [-0.39, 0.29) is 0 Å². The van der Waals surface area contributed by atoms with Crippen LogP contribution in [-0.2, 0) is 0 Å². The van der Waals surface area contributed by atoms with Crippen molar-refractivity contribution in [2.75, 3.05) is 6.61 Å². The molecule has 118 valence electrons. The summed E-state index contributed by atoms with van der Waals surface area (Å²) in [5, 5.41) is 2.53. The number of pyridine rings is 1. The first-order chi connectivity index (χ1) is 11.1. The number of nitrogens with zero attached hydrogens (tertiary/aromatic N) is 1. The van der Waals surface area contributed by atoms with E-state index in [9.17, 15) is 0 Å². The number of rotatable bonds is 4. The van der Waals surface area contributed by atoms with Gasteiger partial charge < -0.3 is 4.74 Å². The number of halogens is 1. The van der Waals surface area contributed by atoms with E-state index in [1.54, 1.807) is 0 Å². The van der Waals surface area contributed by atoms with E-state index in [4.69, 9.17) is 16.3 Å². The molecule has 0 amide bonds. The van der Waals surface area contributed by atoms with Crippen molar-refractivity contribution in [1.82, 2.24) is 4.98 Å². The molecule has 0 N–H and O–H groups in total. The summed E-state index contributed by atoms with van der Waals surface area (Å²) in [4.78, 5) is 4.37. The fourth-order valence-corrected chi connectivity index (χ4v) is 2.84. The van der Waals surface area contributed by atoms with Gasteiger partial charge in [0.05, 0.1) is 6.61 Å². The molecule has 0 unspecified atom stereocenters. The lowest BCUT2D eigenvalue weighted by Gasteiger charge is -2.13. The highest BCUT2D eigenvalue weighted by Crippen LogP contribution is 2.35. The number of hydrogen-bond donors (Lipinski definition) is 0. The Hall–Kier alpha value is -2.06. The van der Waals surface area contributed by atoms with Gasteiger partial charge in [-0.2, -0.15) is 0 Å². The summed E-state index contributed by atoms with van der Waals surface area (Å²) in [7, 11) is 0. The highest BCUT2D eigenvalue weighted by molar-refractivity contribution is 6.34. The lowest BCUT2D eigenvalue weighted by atomic mass is 9.97. The van der Waals surface area contributed by atoms with Gasteiger partial charge in [0.2, 0.25) is 0 Å². The summed E-state index contributed by atoms with van der Waals surface area (Å²) in [6.45, 7) is 7.06. The molecular weight excluding hydrogens is 306 g/mol. The Labute approximate surface area is 142 Å². The van der Waals surface area contributed by atoms with Gasteiger partial charge in [-0.15, -0.1) is 0 Å². The van der Waals surface area contributed by atoms with Crippen LogP contribution >= 0.6 is 11.6 Å². The summed E-state index contributed by atoms with van der Waals surface area (Å²) in [6.07, 6.45) is 1.85. The second kappa shape index (κ2) is 6.59. The van der Waals surface area contributed by atoms with Gasteiger partial charge in [-0.05, 0) is 47.6 Å². The van der Waals surface area contributed by atoms with E-state index in [0.717, 1.165) is 22.1 Å². The van der Waals surface area contributed by atoms with Crippen LogP contribution in [0.5, 0.6) is 5.75 Å². The Morgan fingerprint density at radius 1 is 1.04 bits per heavy atom. The first kappa shape index (κ1) is 15.8. The molecule has 0 aliphatic heterocycles. The number of hydrogen-bond acceptors (Lipinski definition) is 2. The number of fused-ring (bicyclic) bond motifs is 1. The van der Waals surface area contributed by atoms with Crippen molar-refractivity contribution in [2.24, 2.45) is 5.92 Å². The Kier molecular flexibility index (Phi) is 4.53. The molecule has 3 heteroatoms. The minimum Gasteiger partial charge on any atom is -0.493 e. The average Bonchev–Trinajstić information content (AvgIpc) is 2.54. The lowest BCUT2D eigenvalue weighted by molar-refractivity contribution is 0.271. The number of ether oxygens (including phenoxy) is 1. The summed E-state index contributed by atoms with van der Waals surface area (Å²) < 4.78 is 5.81. The number of benzene rings is 2. The van der Waals surface area contributed by atoms with Crippen LogP contribution in [0.25, 0.3) is 21.9 Å². The van der Waals surface area contributed by atoms with Crippen molar-refractivity contribution in [3.05, 3.63) is 59.4 Å². The summed E-state index contributed by atoms with van der Waals surface area (Å²) >= 11 is 6.32. The van der Waals surface area contributed by atoms with E-state index >= 15 is 0 Å². The quantitative estimate of drug-likeness (QED) is 0.557. The van der Waals surface area contributed by atoms with Gasteiger partial charge in [0.25, 0.3) is 0 Å². The average molecular weight is 326 g/mol. The van der Waals surface area contributed by atoms with Gasteiger partial charge in [-0.25, -0.2) is 4.98 Å². The maximum atomic E-state index is 6.32. The second-order valence-electron chi connectivity index (χ2n) is 6.19. The molecule has 0 fully saturated rings. The third-order valence-electron chi connectivity index (χ3n) is 3.83. The van der Waals surface area contributed by atoms with E-state index in [2.05, 4.69) is 44.0 Å². The van der Waals surface area contributed by atoms with Crippen molar-refractivity contribution >= 4 is 22.4 Å². The van der Waals surface area contributed by atoms with Gasteiger partial charge in [-0.3, -0.25) is 0 Å². The molecule has 0 aliphatic carbocycles. The van der Waals surface area contributed by atoms with E-state index < -0.39 is 0 Å². The van der Waals surface area contributed by atoms with Crippen LogP contribution in [0.4, 0.5) is 0 Å². The highest BCUT2D eigenvalue weighted by atomic mass is 35.5. The molecule has 0 radical (unpaired) electrons. The normalized spacial score (nSPS) is 11.2. The zero-order valence-electron chi connectivity index (χ0n) is 13.6. The van der Waals surface area contributed by atoms with Crippen molar-refractivity contribution in [3.63, 3.8) is 0 Å².